The minimum Gasteiger partial charge on any atom is -0.339 e. The lowest BCUT2D eigenvalue weighted by molar-refractivity contribution is -0.537. The quantitative estimate of drug-likeness (QED) is 0.251. The molecule has 9 heteroatoms. The van der Waals surface area contributed by atoms with Crippen molar-refractivity contribution in [2.45, 2.75) is 67.6 Å². The summed E-state index contributed by atoms with van der Waals surface area (Å²) in [7, 11) is 0. The fourth-order valence-electron chi connectivity index (χ4n) is 7.45. The molecule has 7 nitrogen and oxygen atoms in total. The van der Waals surface area contributed by atoms with E-state index in [9.17, 15) is 18.4 Å². The van der Waals surface area contributed by atoms with Gasteiger partial charge in [-0.15, -0.1) is 0 Å². The summed E-state index contributed by atoms with van der Waals surface area (Å²) in [5.41, 5.74) is -0.0282. The number of ether oxygens (including phenoxy) is 1. The van der Waals surface area contributed by atoms with Crippen LogP contribution in [0.1, 0.15) is 70.4 Å². The van der Waals surface area contributed by atoms with Crippen molar-refractivity contribution >= 4 is 11.8 Å². The molecule has 0 aromatic heterocycles. The molecule has 40 heavy (non-hydrogen) atoms. The van der Waals surface area contributed by atoms with Gasteiger partial charge in [-0.05, 0) is 60.4 Å². The zero-order valence-corrected chi connectivity index (χ0v) is 21.5. The van der Waals surface area contributed by atoms with Crippen molar-refractivity contribution in [1.82, 2.24) is 10.0 Å². The van der Waals surface area contributed by atoms with Crippen LogP contribution in [0.2, 0.25) is 0 Å². The van der Waals surface area contributed by atoms with E-state index in [0.717, 1.165) is 24.8 Å². The van der Waals surface area contributed by atoms with Crippen LogP contribution in [-0.4, -0.2) is 39.8 Å². The molecule has 1 unspecified atom stereocenters. The first-order valence-corrected chi connectivity index (χ1v) is 13.7. The number of fused-ring (bicyclic) bond motifs is 4. The van der Waals surface area contributed by atoms with Gasteiger partial charge in [-0.2, -0.15) is 5.01 Å². The van der Waals surface area contributed by atoms with Crippen LogP contribution >= 0.6 is 0 Å². The lowest BCUT2D eigenvalue weighted by Crippen LogP contribution is -2.59. The lowest BCUT2D eigenvalue weighted by atomic mass is 9.84. The highest BCUT2D eigenvalue weighted by molar-refractivity contribution is 6.21. The maximum atomic E-state index is 14.1. The molecule has 1 spiro atoms. The fourth-order valence-corrected chi connectivity index (χ4v) is 7.45. The number of hydrogen-bond donors (Lipinski definition) is 0. The second-order valence-corrected chi connectivity index (χ2v) is 11.4. The number of nitrogens with zero attached hydrogens (tertiary/aromatic N) is 2. The Morgan fingerprint density at radius 3 is 1.90 bits per heavy atom. The molecular formula is C31H26F2N2O5. The van der Waals surface area contributed by atoms with Gasteiger partial charge >= 0.3 is 0 Å². The molecule has 0 radical (unpaired) electrons. The second-order valence-electron chi connectivity index (χ2n) is 11.4. The van der Waals surface area contributed by atoms with Crippen molar-refractivity contribution in [3.05, 3.63) is 107 Å². The predicted octanol–water partition coefficient (Wildman–Crippen LogP) is 5.36. The normalized spacial score (nSPS) is 33.5. The van der Waals surface area contributed by atoms with Crippen molar-refractivity contribution in [1.29, 1.82) is 0 Å². The number of hydrogen-bond acceptors (Lipinski definition) is 6. The monoisotopic (exact) mass is 544 g/mol. The Bertz CT molecular complexity index is 1510. The van der Waals surface area contributed by atoms with Crippen LogP contribution in [-0.2, 0) is 25.7 Å². The number of imide groups is 1. The molecule has 0 bridgehead atoms. The van der Waals surface area contributed by atoms with Crippen molar-refractivity contribution in [2.75, 3.05) is 0 Å². The van der Waals surface area contributed by atoms with E-state index in [2.05, 4.69) is 0 Å². The Kier molecular flexibility index (Phi) is 5.02. The molecule has 2 aliphatic carbocycles. The van der Waals surface area contributed by atoms with Gasteiger partial charge in [0.15, 0.2) is 5.60 Å². The van der Waals surface area contributed by atoms with E-state index in [1.165, 1.54) is 29.3 Å². The first-order chi connectivity index (χ1) is 19.4. The van der Waals surface area contributed by atoms with Crippen LogP contribution in [0.4, 0.5) is 8.78 Å². The van der Waals surface area contributed by atoms with Crippen LogP contribution in [0.5, 0.6) is 0 Å². The summed E-state index contributed by atoms with van der Waals surface area (Å²) in [6.07, 6.45) is 3.74. The molecule has 5 atom stereocenters. The SMILES string of the molecule is O=C1c2ccccc2C(=O)N1N1[C@H]2[C@@H]3OC4(CCCCC4)OO[C@]3(c3ccc(F)cc3)C[C@@]21c1ccc(F)cc1. The molecule has 3 heterocycles. The van der Waals surface area contributed by atoms with Crippen LogP contribution in [0.15, 0.2) is 72.8 Å². The standard InChI is InChI=1S/C31H26F2N2O5/c32-21-12-8-19(9-13-21)30-18-31(20-10-14-22(33)15-11-20)26(38-29(39-40-31)16-4-1-5-17-29)25(30)35(30)34-27(36)23-6-2-3-7-24(23)28(34)37/h2-3,6-15,25-26H,1,4-5,16-18H2/t25-,26-,30+,31-,35?/m0/s1. The average molecular weight is 545 g/mol. The molecule has 4 fully saturated rings. The summed E-state index contributed by atoms with van der Waals surface area (Å²) < 4.78 is 35.0. The van der Waals surface area contributed by atoms with Crippen molar-refractivity contribution in [3.63, 3.8) is 0 Å². The van der Waals surface area contributed by atoms with Crippen LogP contribution < -0.4 is 0 Å². The molecule has 3 aromatic carbocycles. The molecule has 0 N–H and O–H groups in total. The first kappa shape index (κ1) is 24.3. The van der Waals surface area contributed by atoms with Gasteiger partial charge in [-0.25, -0.2) is 23.6 Å². The van der Waals surface area contributed by atoms with Gasteiger partial charge in [-0.1, -0.05) is 42.8 Å². The molecule has 2 saturated heterocycles. The van der Waals surface area contributed by atoms with Gasteiger partial charge in [0.25, 0.3) is 11.8 Å². The summed E-state index contributed by atoms with van der Waals surface area (Å²) in [5.74, 6) is -2.57. The summed E-state index contributed by atoms with van der Waals surface area (Å²) in [5, 5.41) is 2.99. The van der Waals surface area contributed by atoms with Crippen molar-refractivity contribution < 1.29 is 32.9 Å². The zero-order chi connectivity index (χ0) is 27.3. The smallest absolute Gasteiger partial charge is 0.276 e. The van der Waals surface area contributed by atoms with E-state index in [-0.39, 0.29) is 12.2 Å². The number of rotatable bonds is 3. The highest BCUT2D eigenvalue weighted by atomic mass is 19.1. The fraction of sp³-hybridized carbons (Fsp3) is 0.355. The highest BCUT2D eigenvalue weighted by Gasteiger charge is 2.84. The van der Waals surface area contributed by atoms with Crippen molar-refractivity contribution in [2.24, 2.45) is 0 Å². The highest BCUT2D eigenvalue weighted by Crippen LogP contribution is 2.70. The maximum Gasteiger partial charge on any atom is 0.276 e. The van der Waals surface area contributed by atoms with Gasteiger partial charge in [0.05, 0.1) is 22.7 Å². The van der Waals surface area contributed by atoms with E-state index >= 15 is 0 Å². The average Bonchev–Trinajstić information content (AvgIpc) is 3.40. The Hall–Kier alpha value is -3.50. The molecule has 2 saturated carbocycles. The molecular weight excluding hydrogens is 518 g/mol. The third-order valence-corrected chi connectivity index (χ3v) is 9.34. The molecule has 204 valence electrons. The third kappa shape index (κ3) is 3.11. The topological polar surface area (TPSA) is 68.1 Å². The summed E-state index contributed by atoms with van der Waals surface area (Å²) in [4.78, 5) is 39.8. The largest absolute Gasteiger partial charge is 0.339 e. The van der Waals surface area contributed by atoms with E-state index in [1.807, 2.05) is 0 Å². The molecule has 3 aromatic rings. The maximum absolute atomic E-state index is 14.1. The molecule has 8 rings (SSSR count). The van der Waals surface area contributed by atoms with E-state index in [4.69, 9.17) is 14.5 Å². The van der Waals surface area contributed by atoms with Gasteiger partial charge in [0.1, 0.15) is 17.7 Å². The van der Waals surface area contributed by atoms with Gasteiger partial charge in [0, 0.05) is 19.3 Å². The number of amides is 2. The Labute approximate surface area is 229 Å². The van der Waals surface area contributed by atoms with E-state index in [1.54, 1.807) is 53.5 Å². The van der Waals surface area contributed by atoms with E-state index in [0.29, 0.717) is 29.5 Å². The summed E-state index contributed by atoms with van der Waals surface area (Å²) >= 11 is 0. The van der Waals surface area contributed by atoms with Crippen LogP contribution in [0.3, 0.4) is 0 Å². The van der Waals surface area contributed by atoms with Crippen LogP contribution in [0, 0.1) is 11.6 Å². The lowest BCUT2D eigenvalue weighted by Gasteiger charge is -2.50. The van der Waals surface area contributed by atoms with Crippen LogP contribution in [0.25, 0.3) is 0 Å². The minimum absolute atomic E-state index is 0.232. The van der Waals surface area contributed by atoms with Gasteiger partial charge in [-0.3, -0.25) is 9.59 Å². The summed E-state index contributed by atoms with van der Waals surface area (Å²) in [6, 6.07) is 18.4. The number of hydrazine groups is 1. The predicted molar refractivity (Wildman–Crippen MR) is 136 cm³/mol. The second kappa shape index (κ2) is 8.27. The third-order valence-electron chi connectivity index (χ3n) is 9.34. The zero-order valence-electron chi connectivity index (χ0n) is 21.5. The number of piperidine rings is 1. The Morgan fingerprint density at radius 1 is 0.725 bits per heavy atom. The van der Waals surface area contributed by atoms with Gasteiger partial charge < -0.3 is 4.74 Å². The number of carbonyl (C=O) groups excluding carboxylic acids is 2. The number of halogens is 2. The first-order valence-electron chi connectivity index (χ1n) is 13.7. The Balaban J connectivity index is 1.28. The van der Waals surface area contributed by atoms with Crippen molar-refractivity contribution in [3.8, 4) is 0 Å². The Morgan fingerprint density at radius 2 is 1.30 bits per heavy atom. The molecule has 5 aliphatic rings. The van der Waals surface area contributed by atoms with Gasteiger partial charge in [0.2, 0.25) is 5.79 Å². The molecule has 3 aliphatic heterocycles. The minimum atomic E-state index is -1.15. The number of benzene rings is 3. The number of carbonyl (C=O) groups is 2. The van der Waals surface area contributed by atoms with E-state index < -0.39 is 46.7 Å². The summed E-state index contributed by atoms with van der Waals surface area (Å²) in [6.45, 7) is 0. The molecule has 2 amide bonds.